The zero-order chi connectivity index (χ0) is 7.11. The molecule has 0 heterocycles. The summed E-state index contributed by atoms with van der Waals surface area (Å²) in [5.41, 5.74) is 0. The van der Waals surface area contributed by atoms with Crippen LogP contribution in [0.4, 0.5) is 0 Å². The fourth-order valence-electron chi connectivity index (χ4n) is 0.801. The van der Waals surface area contributed by atoms with E-state index in [1.165, 1.54) is 19.3 Å². The molecule has 0 spiro atoms. The molecular weight excluding hydrogens is 168 g/mol. The van der Waals surface area contributed by atoms with Crippen molar-refractivity contribution in [3.63, 3.8) is 0 Å². The Balaban J connectivity index is 0. The number of carbonyl (C=O) groups excluding carboxylic acids is 1. The Hall–Kier alpha value is 0.189. The number of hydrogen-bond acceptors (Lipinski definition) is 1. The summed E-state index contributed by atoms with van der Waals surface area (Å²) in [5.74, 6) is 0.325. The molecule has 0 amide bonds. The van der Waals surface area contributed by atoms with Crippen LogP contribution >= 0.6 is 0 Å². The van der Waals surface area contributed by atoms with Crippen LogP contribution in [-0.2, 0) is 21.9 Å². The van der Waals surface area contributed by atoms with Crippen LogP contribution in [0, 0.1) is 0 Å². The van der Waals surface area contributed by atoms with Gasteiger partial charge < -0.3 is 4.79 Å². The Kier molecular flexibility index (Phi) is 11.8. The molecule has 62 valence electrons. The molecule has 2 heteroatoms. The molecule has 0 radical (unpaired) electrons. The molecular formula is C8H16FeO. The largest absolute Gasteiger partial charge is 0.300 e. The third-order valence-corrected chi connectivity index (χ3v) is 1.38. The summed E-state index contributed by atoms with van der Waals surface area (Å²) in [6, 6.07) is 0. The summed E-state index contributed by atoms with van der Waals surface area (Å²) in [6.45, 7) is 3.83. The quantitative estimate of drug-likeness (QED) is 0.474. The normalized spacial score (nSPS) is 8.60. The summed E-state index contributed by atoms with van der Waals surface area (Å²) in [7, 11) is 0. The van der Waals surface area contributed by atoms with Crippen molar-refractivity contribution in [2.75, 3.05) is 0 Å². The van der Waals surface area contributed by atoms with Gasteiger partial charge in [-0.3, -0.25) is 0 Å². The van der Waals surface area contributed by atoms with Gasteiger partial charge in [0.2, 0.25) is 0 Å². The SMILES string of the molecule is CCCCCCC(C)=O.[Fe]. The van der Waals surface area contributed by atoms with Crippen molar-refractivity contribution in [3.05, 3.63) is 0 Å². The van der Waals surface area contributed by atoms with Gasteiger partial charge in [-0.1, -0.05) is 26.2 Å². The first-order valence-corrected chi connectivity index (χ1v) is 3.76. The maximum absolute atomic E-state index is 10.4. The van der Waals surface area contributed by atoms with Gasteiger partial charge in [-0.2, -0.15) is 0 Å². The van der Waals surface area contributed by atoms with E-state index in [9.17, 15) is 4.79 Å². The molecule has 0 unspecified atom stereocenters. The third kappa shape index (κ3) is 11.0. The van der Waals surface area contributed by atoms with Crippen LogP contribution in [0.3, 0.4) is 0 Å². The number of rotatable bonds is 5. The van der Waals surface area contributed by atoms with Crippen molar-refractivity contribution < 1.29 is 21.9 Å². The topological polar surface area (TPSA) is 17.1 Å². The Labute approximate surface area is 74.1 Å². The van der Waals surface area contributed by atoms with Gasteiger partial charge in [0.05, 0.1) is 0 Å². The molecule has 0 aromatic rings. The zero-order valence-electron chi connectivity index (χ0n) is 6.80. The molecule has 0 N–H and O–H groups in total. The molecule has 0 aliphatic rings. The van der Waals surface area contributed by atoms with Gasteiger partial charge in [0.25, 0.3) is 0 Å². The number of unbranched alkanes of at least 4 members (excludes halogenated alkanes) is 3. The molecule has 0 rings (SSSR count). The van der Waals surface area contributed by atoms with Crippen molar-refractivity contribution in [1.82, 2.24) is 0 Å². The van der Waals surface area contributed by atoms with Crippen LogP contribution in [0.25, 0.3) is 0 Å². The summed E-state index contributed by atoms with van der Waals surface area (Å²) in [6.07, 6.45) is 5.60. The molecule has 0 fully saturated rings. The van der Waals surface area contributed by atoms with Gasteiger partial charge in [-0.15, -0.1) is 0 Å². The Morgan fingerprint density at radius 3 is 2.20 bits per heavy atom. The van der Waals surface area contributed by atoms with Gasteiger partial charge >= 0.3 is 0 Å². The molecule has 1 nitrogen and oxygen atoms in total. The molecule has 0 aromatic heterocycles. The molecule has 0 saturated carbocycles. The minimum Gasteiger partial charge on any atom is -0.300 e. The molecule has 0 aliphatic heterocycles. The van der Waals surface area contributed by atoms with Gasteiger partial charge in [0.1, 0.15) is 5.78 Å². The smallest absolute Gasteiger partial charge is 0.129 e. The Morgan fingerprint density at radius 2 is 1.80 bits per heavy atom. The van der Waals surface area contributed by atoms with E-state index < -0.39 is 0 Å². The minimum absolute atomic E-state index is 0. The van der Waals surface area contributed by atoms with Crippen LogP contribution < -0.4 is 0 Å². The summed E-state index contributed by atoms with van der Waals surface area (Å²) >= 11 is 0. The first-order valence-electron chi connectivity index (χ1n) is 3.76. The van der Waals surface area contributed by atoms with Crippen molar-refractivity contribution in [2.45, 2.75) is 46.0 Å². The predicted molar refractivity (Wildman–Crippen MR) is 39.4 cm³/mol. The molecule has 0 aliphatic carbocycles. The van der Waals surface area contributed by atoms with E-state index >= 15 is 0 Å². The second-order valence-electron chi connectivity index (χ2n) is 2.51. The summed E-state index contributed by atoms with van der Waals surface area (Å²) in [4.78, 5) is 10.4. The first-order chi connectivity index (χ1) is 4.27. The Morgan fingerprint density at radius 1 is 1.20 bits per heavy atom. The van der Waals surface area contributed by atoms with E-state index in [4.69, 9.17) is 0 Å². The average Bonchev–Trinajstić information content (AvgIpc) is 1.80. The van der Waals surface area contributed by atoms with Crippen LogP contribution in [0.1, 0.15) is 46.0 Å². The van der Waals surface area contributed by atoms with Crippen LogP contribution in [0.2, 0.25) is 0 Å². The number of carbonyl (C=O) groups is 1. The molecule has 0 atom stereocenters. The monoisotopic (exact) mass is 184 g/mol. The fourth-order valence-corrected chi connectivity index (χ4v) is 0.801. The first kappa shape index (κ1) is 12.8. The van der Waals surface area contributed by atoms with E-state index in [0.29, 0.717) is 5.78 Å². The molecule has 0 aromatic carbocycles. The van der Waals surface area contributed by atoms with Crippen LogP contribution in [0.15, 0.2) is 0 Å². The molecule has 0 saturated heterocycles. The van der Waals surface area contributed by atoms with Crippen LogP contribution in [-0.4, -0.2) is 5.78 Å². The standard InChI is InChI=1S/C8H16O.Fe/c1-3-4-5-6-7-8(2)9;/h3-7H2,1-2H3;. The van der Waals surface area contributed by atoms with Gasteiger partial charge in [-0.25, -0.2) is 0 Å². The second-order valence-corrected chi connectivity index (χ2v) is 2.51. The third-order valence-electron chi connectivity index (χ3n) is 1.38. The molecule has 0 bridgehead atoms. The van der Waals surface area contributed by atoms with Crippen molar-refractivity contribution >= 4 is 5.78 Å². The average molecular weight is 184 g/mol. The van der Waals surface area contributed by atoms with Gasteiger partial charge in [0, 0.05) is 23.5 Å². The number of ketones is 1. The molecule has 10 heavy (non-hydrogen) atoms. The van der Waals surface area contributed by atoms with Gasteiger partial charge in [-0.05, 0) is 13.3 Å². The minimum atomic E-state index is 0. The maximum atomic E-state index is 10.4. The van der Waals surface area contributed by atoms with E-state index in [1.54, 1.807) is 6.92 Å². The van der Waals surface area contributed by atoms with E-state index in [2.05, 4.69) is 6.92 Å². The van der Waals surface area contributed by atoms with Gasteiger partial charge in [0.15, 0.2) is 0 Å². The van der Waals surface area contributed by atoms with E-state index in [-0.39, 0.29) is 17.1 Å². The predicted octanol–water partition coefficient (Wildman–Crippen LogP) is 2.54. The summed E-state index contributed by atoms with van der Waals surface area (Å²) in [5, 5.41) is 0. The van der Waals surface area contributed by atoms with Crippen molar-refractivity contribution in [2.24, 2.45) is 0 Å². The van der Waals surface area contributed by atoms with E-state index in [0.717, 1.165) is 12.8 Å². The van der Waals surface area contributed by atoms with Crippen molar-refractivity contribution in [3.8, 4) is 0 Å². The number of hydrogen-bond donors (Lipinski definition) is 0. The second kappa shape index (κ2) is 9.19. The van der Waals surface area contributed by atoms with E-state index in [1.807, 2.05) is 0 Å². The zero-order valence-corrected chi connectivity index (χ0v) is 7.90. The fraction of sp³-hybridized carbons (Fsp3) is 0.875. The van der Waals surface area contributed by atoms with Crippen LogP contribution in [0.5, 0.6) is 0 Å². The maximum Gasteiger partial charge on any atom is 0.129 e. The van der Waals surface area contributed by atoms with Crippen molar-refractivity contribution in [1.29, 1.82) is 0 Å². The summed E-state index contributed by atoms with van der Waals surface area (Å²) < 4.78 is 0. The Bertz CT molecular complexity index is 81.3. The number of Topliss-reactive ketones (excluding diaryl/α,β-unsaturated/α-hetero) is 1.